The number of carbonyl (C=O) groups is 1. The number of amides is 1. The van der Waals surface area contributed by atoms with Crippen LogP contribution in [-0.2, 0) is 0 Å². The van der Waals surface area contributed by atoms with Crippen molar-refractivity contribution in [2.75, 3.05) is 19.0 Å². The van der Waals surface area contributed by atoms with Crippen LogP contribution in [0.1, 0.15) is 23.2 Å². The molecule has 3 aromatic rings. The summed E-state index contributed by atoms with van der Waals surface area (Å²) >= 11 is 1.31. The van der Waals surface area contributed by atoms with Crippen LogP contribution >= 0.6 is 11.3 Å². The Morgan fingerprint density at radius 2 is 2.07 bits per heavy atom. The fourth-order valence-corrected chi connectivity index (χ4v) is 3.59. The first-order valence-electron chi connectivity index (χ1n) is 8.99. The van der Waals surface area contributed by atoms with E-state index in [1.54, 1.807) is 19.2 Å². The van der Waals surface area contributed by atoms with Crippen LogP contribution in [-0.4, -0.2) is 31.2 Å². The third-order valence-electron chi connectivity index (χ3n) is 4.41. The van der Waals surface area contributed by atoms with Crippen LogP contribution in [0.5, 0.6) is 17.2 Å². The molecule has 0 aliphatic heterocycles. The zero-order chi connectivity index (χ0) is 20.4. The van der Waals surface area contributed by atoms with Crippen LogP contribution in [0.4, 0.5) is 13.9 Å². The summed E-state index contributed by atoms with van der Waals surface area (Å²) in [6, 6.07) is 9.56. The number of anilines is 1. The van der Waals surface area contributed by atoms with Gasteiger partial charge in [0.15, 0.2) is 16.6 Å². The topological polar surface area (TPSA) is 69.7 Å². The highest BCUT2D eigenvalue weighted by Crippen LogP contribution is 2.35. The molecule has 0 radical (unpaired) electrons. The molecule has 4 rings (SSSR count). The summed E-state index contributed by atoms with van der Waals surface area (Å²) < 4.78 is 41.5. The van der Waals surface area contributed by atoms with Gasteiger partial charge >= 0.3 is 6.61 Å². The number of aromatic nitrogens is 1. The second kappa shape index (κ2) is 8.20. The fraction of sp³-hybridized carbons (Fsp3) is 0.300. The summed E-state index contributed by atoms with van der Waals surface area (Å²) in [5.74, 6) is 0.733. The average Bonchev–Trinajstić information content (AvgIpc) is 3.44. The highest BCUT2D eigenvalue weighted by atomic mass is 32.1. The summed E-state index contributed by atoms with van der Waals surface area (Å²) in [7, 11) is 1.58. The molecule has 1 heterocycles. The van der Waals surface area contributed by atoms with Gasteiger partial charge in [0.25, 0.3) is 5.91 Å². The van der Waals surface area contributed by atoms with Gasteiger partial charge in [0.1, 0.15) is 5.75 Å². The molecule has 1 aliphatic rings. The summed E-state index contributed by atoms with van der Waals surface area (Å²) in [5, 5.41) is 3.16. The van der Waals surface area contributed by atoms with Gasteiger partial charge < -0.3 is 14.2 Å². The Kier molecular flexibility index (Phi) is 5.48. The minimum Gasteiger partial charge on any atom is -0.497 e. The lowest BCUT2D eigenvalue weighted by molar-refractivity contribution is -0.0515. The molecule has 1 N–H and O–H groups in total. The average molecular weight is 420 g/mol. The first-order chi connectivity index (χ1) is 14.0. The summed E-state index contributed by atoms with van der Waals surface area (Å²) in [6.07, 6.45) is 2.10. The van der Waals surface area contributed by atoms with E-state index in [1.807, 2.05) is 6.07 Å². The maximum absolute atomic E-state index is 12.6. The molecule has 0 spiro atoms. The van der Waals surface area contributed by atoms with Crippen LogP contribution in [0, 0.1) is 5.92 Å². The molecule has 9 heteroatoms. The van der Waals surface area contributed by atoms with Gasteiger partial charge in [-0.05, 0) is 55.2 Å². The first-order valence-corrected chi connectivity index (χ1v) is 9.81. The smallest absolute Gasteiger partial charge is 0.387 e. The van der Waals surface area contributed by atoms with E-state index in [9.17, 15) is 13.6 Å². The zero-order valence-corrected chi connectivity index (χ0v) is 16.3. The largest absolute Gasteiger partial charge is 0.497 e. The summed E-state index contributed by atoms with van der Waals surface area (Å²) in [4.78, 5) is 17.0. The van der Waals surface area contributed by atoms with Crippen LogP contribution in [0.3, 0.4) is 0 Å². The van der Waals surface area contributed by atoms with Crippen molar-refractivity contribution in [3.8, 4) is 17.2 Å². The van der Waals surface area contributed by atoms with Crippen molar-refractivity contribution in [2.24, 2.45) is 5.92 Å². The molecule has 29 heavy (non-hydrogen) atoms. The Labute approximate surface area is 169 Å². The van der Waals surface area contributed by atoms with Gasteiger partial charge in [0.05, 0.1) is 23.9 Å². The Balaban J connectivity index is 1.53. The number of methoxy groups -OCH3 is 1. The Bertz CT molecular complexity index is 1040. The molecule has 1 saturated carbocycles. The number of nitrogens with zero attached hydrogens (tertiary/aromatic N) is 1. The van der Waals surface area contributed by atoms with Crippen molar-refractivity contribution in [1.29, 1.82) is 0 Å². The third-order valence-corrected chi connectivity index (χ3v) is 5.34. The molecule has 0 bridgehead atoms. The third kappa shape index (κ3) is 4.73. The van der Waals surface area contributed by atoms with E-state index in [1.165, 1.54) is 29.5 Å². The molecule has 1 fully saturated rings. The van der Waals surface area contributed by atoms with Gasteiger partial charge in [-0.15, -0.1) is 0 Å². The summed E-state index contributed by atoms with van der Waals surface area (Å²) in [5.41, 5.74) is 0.995. The molecular formula is C20H18F2N2O4S. The number of rotatable bonds is 8. The maximum atomic E-state index is 12.6. The molecular weight excluding hydrogens is 402 g/mol. The minimum absolute atomic E-state index is 0.0933. The Hall–Kier alpha value is -2.94. The quantitative estimate of drug-likeness (QED) is 0.559. The van der Waals surface area contributed by atoms with E-state index in [-0.39, 0.29) is 17.1 Å². The lowest BCUT2D eigenvalue weighted by atomic mass is 10.2. The second-order valence-corrected chi connectivity index (χ2v) is 7.63. The number of hydrogen-bond acceptors (Lipinski definition) is 6. The van der Waals surface area contributed by atoms with E-state index in [2.05, 4.69) is 15.0 Å². The van der Waals surface area contributed by atoms with Gasteiger partial charge in [0.2, 0.25) is 0 Å². The van der Waals surface area contributed by atoms with E-state index in [0.717, 1.165) is 23.1 Å². The number of alkyl halides is 2. The van der Waals surface area contributed by atoms with Gasteiger partial charge in [-0.2, -0.15) is 8.78 Å². The predicted molar refractivity (Wildman–Crippen MR) is 105 cm³/mol. The van der Waals surface area contributed by atoms with Crippen molar-refractivity contribution in [3.63, 3.8) is 0 Å². The first kappa shape index (κ1) is 19.4. The molecule has 2 aromatic carbocycles. The molecule has 6 nitrogen and oxygen atoms in total. The van der Waals surface area contributed by atoms with Gasteiger partial charge in [0, 0.05) is 5.56 Å². The van der Waals surface area contributed by atoms with Crippen LogP contribution in [0.25, 0.3) is 10.2 Å². The standard InChI is InChI=1S/C20H18F2N2O4S/c1-26-13-5-6-14-17(9-13)29-20(23-14)24-18(25)12-4-7-15(28-19(21)22)16(8-12)27-10-11-2-3-11/h4-9,11,19H,2-3,10H2,1H3,(H,23,24,25). The maximum Gasteiger partial charge on any atom is 0.387 e. The van der Waals surface area contributed by atoms with Crippen molar-refractivity contribution in [3.05, 3.63) is 42.0 Å². The number of halogens is 2. The van der Waals surface area contributed by atoms with Crippen molar-refractivity contribution in [2.45, 2.75) is 19.5 Å². The Morgan fingerprint density at radius 3 is 2.79 bits per heavy atom. The number of nitrogens with one attached hydrogen (secondary N) is 1. The van der Waals surface area contributed by atoms with Crippen LogP contribution in [0.2, 0.25) is 0 Å². The Morgan fingerprint density at radius 1 is 1.24 bits per heavy atom. The predicted octanol–water partition coefficient (Wildman–Crippen LogP) is 4.95. The normalized spacial score (nSPS) is 13.5. The van der Waals surface area contributed by atoms with E-state index in [0.29, 0.717) is 23.4 Å². The van der Waals surface area contributed by atoms with E-state index >= 15 is 0 Å². The minimum atomic E-state index is -2.97. The molecule has 1 aromatic heterocycles. The number of fused-ring (bicyclic) bond motifs is 1. The van der Waals surface area contributed by atoms with E-state index < -0.39 is 12.5 Å². The molecule has 1 amide bonds. The van der Waals surface area contributed by atoms with E-state index in [4.69, 9.17) is 9.47 Å². The van der Waals surface area contributed by atoms with Crippen LogP contribution in [0.15, 0.2) is 36.4 Å². The lowest BCUT2D eigenvalue weighted by Crippen LogP contribution is -2.13. The molecule has 0 saturated heterocycles. The number of benzene rings is 2. The SMILES string of the molecule is COc1ccc2nc(NC(=O)c3ccc(OC(F)F)c(OCC4CC4)c3)sc2c1. The number of ether oxygens (including phenoxy) is 3. The van der Waals surface area contributed by atoms with Gasteiger partial charge in [-0.25, -0.2) is 4.98 Å². The second-order valence-electron chi connectivity index (χ2n) is 6.60. The molecule has 1 aliphatic carbocycles. The van der Waals surface area contributed by atoms with Crippen molar-refractivity contribution >= 4 is 32.6 Å². The zero-order valence-electron chi connectivity index (χ0n) is 15.5. The highest BCUT2D eigenvalue weighted by Gasteiger charge is 2.23. The number of carbonyl (C=O) groups excluding carboxylic acids is 1. The number of hydrogen-bond donors (Lipinski definition) is 1. The molecule has 0 unspecified atom stereocenters. The van der Waals surface area contributed by atoms with Crippen LogP contribution < -0.4 is 19.5 Å². The summed E-state index contributed by atoms with van der Waals surface area (Å²) in [6.45, 7) is -2.57. The lowest BCUT2D eigenvalue weighted by Gasteiger charge is -2.13. The van der Waals surface area contributed by atoms with Gasteiger partial charge in [-0.1, -0.05) is 11.3 Å². The number of thiazole rings is 1. The molecule has 0 atom stereocenters. The van der Waals surface area contributed by atoms with Crippen molar-refractivity contribution in [1.82, 2.24) is 4.98 Å². The molecule has 152 valence electrons. The monoisotopic (exact) mass is 420 g/mol. The van der Waals surface area contributed by atoms with Gasteiger partial charge in [-0.3, -0.25) is 10.1 Å². The van der Waals surface area contributed by atoms with Crippen molar-refractivity contribution < 1.29 is 27.8 Å². The fourth-order valence-electron chi connectivity index (χ4n) is 2.70. The highest BCUT2D eigenvalue weighted by molar-refractivity contribution is 7.22.